The van der Waals surface area contributed by atoms with Gasteiger partial charge in [-0.1, -0.05) is 13.3 Å². The number of hydrogen-bond donors (Lipinski definition) is 0. The number of carbonyl (C=O) groups excluding carboxylic acids is 2. The molecule has 1 saturated carbocycles. The van der Waals surface area contributed by atoms with E-state index in [1.807, 2.05) is 15.9 Å². The van der Waals surface area contributed by atoms with Crippen LogP contribution in [0.1, 0.15) is 66.8 Å². The number of aromatic nitrogens is 1. The van der Waals surface area contributed by atoms with Crippen molar-refractivity contribution in [3.63, 3.8) is 0 Å². The van der Waals surface area contributed by atoms with Crippen LogP contribution >= 0.6 is 0 Å². The topological polar surface area (TPSA) is 45.6 Å². The number of hydrogen-bond acceptors (Lipinski definition) is 2. The Morgan fingerprint density at radius 3 is 2.29 bits per heavy atom. The van der Waals surface area contributed by atoms with Crippen LogP contribution in [0.25, 0.3) is 0 Å². The van der Waals surface area contributed by atoms with Crippen LogP contribution in [0.4, 0.5) is 0 Å². The molecule has 1 aliphatic carbocycles. The van der Waals surface area contributed by atoms with E-state index in [1.54, 1.807) is 0 Å². The number of piperazine rings is 1. The highest BCUT2D eigenvalue weighted by Crippen LogP contribution is 2.38. The number of carbonyl (C=O) groups is 2. The predicted molar refractivity (Wildman–Crippen MR) is 94.2 cm³/mol. The Kier molecular flexibility index (Phi) is 4.97. The summed E-state index contributed by atoms with van der Waals surface area (Å²) in [4.78, 5) is 28.8. The van der Waals surface area contributed by atoms with Crippen LogP contribution < -0.4 is 0 Å². The van der Waals surface area contributed by atoms with E-state index in [9.17, 15) is 9.59 Å². The van der Waals surface area contributed by atoms with E-state index in [1.165, 1.54) is 18.5 Å². The van der Waals surface area contributed by atoms with Gasteiger partial charge in [-0.2, -0.15) is 0 Å². The maximum absolute atomic E-state index is 12.9. The molecular weight excluding hydrogens is 302 g/mol. The first-order chi connectivity index (χ1) is 11.5. The molecule has 24 heavy (non-hydrogen) atoms. The summed E-state index contributed by atoms with van der Waals surface area (Å²) in [5.74, 6) is 0.353. The third-order valence-electron chi connectivity index (χ3n) is 5.29. The van der Waals surface area contributed by atoms with Crippen LogP contribution in [0.2, 0.25) is 0 Å². The van der Waals surface area contributed by atoms with Crippen LogP contribution in [0.15, 0.2) is 6.07 Å². The van der Waals surface area contributed by atoms with Crippen molar-refractivity contribution >= 4 is 11.8 Å². The van der Waals surface area contributed by atoms with Gasteiger partial charge in [-0.3, -0.25) is 9.59 Å². The predicted octanol–water partition coefficient (Wildman–Crippen LogP) is 2.91. The van der Waals surface area contributed by atoms with Crippen molar-refractivity contribution < 1.29 is 9.59 Å². The summed E-state index contributed by atoms with van der Waals surface area (Å²) in [6.07, 6.45) is 5.07. The Hall–Kier alpha value is -1.78. The largest absolute Gasteiger partial charge is 0.345 e. The molecule has 1 saturated heterocycles. The third kappa shape index (κ3) is 3.35. The lowest BCUT2D eigenvalue weighted by Gasteiger charge is -2.35. The van der Waals surface area contributed by atoms with Crippen molar-refractivity contribution in [2.45, 2.75) is 58.9 Å². The molecule has 0 aromatic carbocycles. The third-order valence-corrected chi connectivity index (χ3v) is 5.29. The second-order valence-corrected chi connectivity index (χ2v) is 7.16. The molecule has 0 radical (unpaired) electrons. The molecular formula is C19H29N3O2. The zero-order chi connectivity index (χ0) is 17.3. The van der Waals surface area contributed by atoms with E-state index in [2.05, 4.69) is 25.3 Å². The van der Waals surface area contributed by atoms with Crippen LogP contribution in [-0.4, -0.2) is 52.4 Å². The molecule has 2 aliphatic rings. The van der Waals surface area contributed by atoms with Gasteiger partial charge >= 0.3 is 0 Å². The molecule has 0 atom stereocenters. The molecule has 2 amide bonds. The second kappa shape index (κ2) is 6.99. The van der Waals surface area contributed by atoms with Crippen molar-refractivity contribution in [1.82, 2.24) is 14.4 Å². The fourth-order valence-electron chi connectivity index (χ4n) is 3.70. The average molecular weight is 331 g/mol. The van der Waals surface area contributed by atoms with E-state index < -0.39 is 0 Å². The number of nitrogens with zero attached hydrogens (tertiary/aromatic N) is 3. The maximum Gasteiger partial charge on any atom is 0.255 e. The van der Waals surface area contributed by atoms with Crippen molar-refractivity contribution in [3.8, 4) is 0 Å². The summed E-state index contributed by atoms with van der Waals surface area (Å²) >= 11 is 0. The molecule has 1 aliphatic heterocycles. The van der Waals surface area contributed by atoms with Gasteiger partial charge in [-0.15, -0.1) is 0 Å². The summed E-state index contributed by atoms with van der Waals surface area (Å²) in [5.41, 5.74) is 3.12. The van der Waals surface area contributed by atoms with Gasteiger partial charge in [0.1, 0.15) is 0 Å². The van der Waals surface area contributed by atoms with Crippen LogP contribution in [0.5, 0.6) is 0 Å². The Morgan fingerprint density at radius 2 is 1.71 bits per heavy atom. The van der Waals surface area contributed by atoms with Crippen molar-refractivity contribution in [2.24, 2.45) is 0 Å². The molecule has 1 aromatic heterocycles. The lowest BCUT2D eigenvalue weighted by Crippen LogP contribution is -2.50. The van der Waals surface area contributed by atoms with Gasteiger partial charge < -0.3 is 14.4 Å². The zero-order valence-electron chi connectivity index (χ0n) is 15.2. The van der Waals surface area contributed by atoms with Crippen LogP contribution in [0, 0.1) is 13.8 Å². The molecule has 3 rings (SSSR count). The summed E-state index contributed by atoms with van der Waals surface area (Å²) in [5, 5.41) is 0. The first kappa shape index (κ1) is 17.1. The Balaban J connectivity index is 1.61. The fraction of sp³-hybridized carbons (Fsp3) is 0.684. The normalized spacial score (nSPS) is 18.1. The highest BCUT2D eigenvalue weighted by molar-refractivity contribution is 5.96. The lowest BCUT2D eigenvalue weighted by atomic mass is 10.2. The van der Waals surface area contributed by atoms with Gasteiger partial charge in [0.25, 0.3) is 5.91 Å². The molecule has 1 aromatic rings. The molecule has 0 bridgehead atoms. The highest BCUT2D eigenvalue weighted by atomic mass is 16.2. The minimum atomic E-state index is 0.121. The maximum atomic E-state index is 12.9. The molecule has 5 heteroatoms. The fourth-order valence-corrected chi connectivity index (χ4v) is 3.70. The van der Waals surface area contributed by atoms with Gasteiger partial charge in [0, 0.05) is 50.0 Å². The van der Waals surface area contributed by atoms with Crippen LogP contribution in [-0.2, 0) is 4.79 Å². The minimum Gasteiger partial charge on any atom is -0.345 e. The van der Waals surface area contributed by atoms with E-state index in [-0.39, 0.29) is 11.8 Å². The van der Waals surface area contributed by atoms with Gasteiger partial charge in [-0.25, -0.2) is 0 Å². The quantitative estimate of drug-likeness (QED) is 0.833. The summed E-state index contributed by atoms with van der Waals surface area (Å²) in [6, 6.07) is 2.63. The van der Waals surface area contributed by atoms with E-state index in [0.717, 1.165) is 24.1 Å². The van der Waals surface area contributed by atoms with Crippen molar-refractivity contribution in [3.05, 3.63) is 23.0 Å². The summed E-state index contributed by atoms with van der Waals surface area (Å²) < 4.78 is 2.32. The van der Waals surface area contributed by atoms with E-state index in [0.29, 0.717) is 38.6 Å². The molecule has 5 nitrogen and oxygen atoms in total. The molecule has 0 N–H and O–H groups in total. The van der Waals surface area contributed by atoms with Gasteiger partial charge in [-0.05, 0) is 39.2 Å². The SMILES string of the molecule is CCCCC(=O)N1CCN(C(=O)c2cc(C)n(C3CC3)c2C)CC1. The molecule has 2 fully saturated rings. The Morgan fingerprint density at radius 1 is 1.08 bits per heavy atom. The summed E-state index contributed by atoms with van der Waals surface area (Å²) in [7, 11) is 0. The number of aryl methyl sites for hydroxylation is 1. The van der Waals surface area contributed by atoms with Gasteiger partial charge in [0.2, 0.25) is 5.91 Å². The minimum absolute atomic E-state index is 0.121. The number of unbranched alkanes of at least 4 members (excludes halogenated alkanes) is 1. The van der Waals surface area contributed by atoms with E-state index >= 15 is 0 Å². The first-order valence-corrected chi connectivity index (χ1v) is 9.28. The second-order valence-electron chi connectivity index (χ2n) is 7.16. The molecule has 132 valence electrons. The molecule has 0 unspecified atom stereocenters. The lowest BCUT2D eigenvalue weighted by molar-refractivity contribution is -0.132. The summed E-state index contributed by atoms with van der Waals surface area (Å²) in [6.45, 7) is 8.86. The van der Waals surface area contributed by atoms with Gasteiger partial charge in [0.15, 0.2) is 0 Å². The molecule has 2 heterocycles. The van der Waals surface area contributed by atoms with Gasteiger partial charge in [0.05, 0.1) is 5.56 Å². The monoisotopic (exact) mass is 331 g/mol. The van der Waals surface area contributed by atoms with Crippen molar-refractivity contribution in [1.29, 1.82) is 0 Å². The smallest absolute Gasteiger partial charge is 0.255 e. The Bertz CT molecular complexity index is 623. The van der Waals surface area contributed by atoms with E-state index in [4.69, 9.17) is 0 Å². The van der Waals surface area contributed by atoms with Crippen LogP contribution in [0.3, 0.4) is 0 Å². The molecule has 0 spiro atoms. The Labute approximate surface area is 144 Å². The number of amides is 2. The first-order valence-electron chi connectivity index (χ1n) is 9.28. The number of rotatable bonds is 5. The highest BCUT2D eigenvalue weighted by Gasteiger charge is 2.31. The standard InChI is InChI=1S/C19H29N3O2/c1-4-5-6-18(23)20-9-11-21(12-10-20)19(24)17-13-14(2)22(15(17)3)16-7-8-16/h13,16H,4-12H2,1-3H3. The van der Waals surface area contributed by atoms with Crippen molar-refractivity contribution in [2.75, 3.05) is 26.2 Å². The average Bonchev–Trinajstić information content (AvgIpc) is 3.37. The zero-order valence-corrected chi connectivity index (χ0v) is 15.2.